The number of rotatable bonds is 8. The van der Waals surface area contributed by atoms with Gasteiger partial charge in [-0.15, -0.1) is 0 Å². The van der Waals surface area contributed by atoms with Crippen molar-refractivity contribution in [1.29, 1.82) is 0 Å². The number of hydrogen-bond donors (Lipinski definition) is 2. The summed E-state index contributed by atoms with van der Waals surface area (Å²) in [5.74, 6) is 0.309. The Morgan fingerprint density at radius 2 is 1.88 bits per heavy atom. The van der Waals surface area contributed by atoms with Crippen LogP contribution in [0.4, 0.5) is 0 Å². The monoisotopic (exact) mass is 369 g/mol. The summed E-state index contributed by atoms with van der Waals surface area (Å²) < 4.78 is 31.9. The van der Waals surface area contributed by atoms with Crippen LogP contribution in [-0.4, -0.2) is 58.6 Å². The van der Waals surface area contributed by atoms with Crippen molar-refractivity contribution in [2.45, 2.75) is 37.1 Å². The molecule has 0 aliphatic carbocycles. The van der Waals surface area contributed by atoms with E-state index in [2.05, 4.69) is 22.0 Å². The molecule has 2 N–H and O–H groups in total. The second-order valence-corrected chi connectivity index (χ2v) is 8.07. The number of carbonyl (C=O) groups excluding carboxylic acids is 1. The second-order valence-electron chi connectivity index (χ2n) is 6.30. The Bertz CT molecular complexity index is 653. The summed E-state index contributed by atoms with van der Waals surface area (Å²) in [5, 5.41) is 2.97. The van der Waals surface area contributed by atoms with E-state index in [0.29, 0.717) is 12.3 Å². The van der Waals surface area contributed by atoms with Gasteiger partial charge in [-0.1, -0.05) is 6.92 Å². The number of nitrogens with one attached hydrogen (secondary N) is 2. The minimum absolute atomic E-state index is 0.0769. The molecule has 0 atom stereocenters. The third kappa shape index (κ3) is 6.30. The molecule has 8 heteroatoms. The van der Waals surface area contributed by atoms with Gasteiger partial charge in [-0.05, 0) is 63.7 Å². The van der Waals surface area contributed by atoms with Gasteiger partial charge in [0, 0.05) is 12.6 Å². The molecule has 0 saturated carbocycles. The van der Waals surface area contributed by atoms with Crippen molar-refractivity contribution in [3.63, 3.8) is 0 Å². The predicted octanol–water partition coefficient (Wildman–Crippen LogP) is 0.964. The number of carbonyl (C=O) groups is 1. The van der Waals surface area contributed by atoms with Crippen molar-refractivity contribution in [2.24, 2.45) is 0 Å². The second kappa shape index (κ2) is 9.17. The first-order valence-electron chi connectivity index (χ1n) is 8.61. The lowest BCUT2D eigenvalue weighted by Gasteiger charge is -2.29. The molecule has 1 fully saturated rings. The predicted molar refractivity (Wildman–Crippen MR) is 96.1 cm³/mol. The smallest absolute Gasteiger partial charge is 0.258 e. The summed E-state index contributed by atoms with van der Waals surface area (Å²) in [6.45, 7) is 4.18. The van der Waals surface area contributed by atoms with E-state index in [1.54, 1.807) is 12.1 Å². The van der Waals surface area contributed by atoms with Gasteiger partial charge in [-0.2, -0.15) is 0 Å². The Morgan fingerprint density at radius 3 is 2.48 bits per heavy atom. The van der Waals surface area contributed by atoms with Gasteiger partial charge in [0.25, 0.3) is 5.91 Å². The molecule has 0 unspecified atom stereocenters. The number of piperidine rings is 1. The number of benzene rings is 1. The first-order chi connectivity index (χ1) is 11.9. The summed E-state index contributed by atoms with van der Waals surface area (Å²) in [5.41, 5.74) is 0. The lowest BCUT2D eigenvalue weighted by Crippen LogP contribution is -2.44. The Balaban J connectivity index is 1.80. The Hall–Kier alpha value is -1.64. The summed E-state index contributed by atoms with van der Waals surface area (Å²) in [6.07, 6.45) is 2.62. The lowest BCUT2D eigenvalue weighted by atomic mass is 10.1. The van der Waals surface area contributed by atoms with Gasteiger partial charge in [0.15, 0.2) is 6.61 Å². The number of ether oxygens (including phenoxy) is 1. The molecule has 0 aromatic heterocycles. The van der Waals surface area contributed by atoms with E-state index >= 15 is 0 Å². The fourth-order valence-corrected chi connectivity index (χ4v) is 3.74. The highest BCUT2D eigenvalue weighted by atomic mass is 32.2. The summed E-state index contributed by atoms with van der Waals surface area (Å²) in [6, 6.07) is 6.27. The molecule has 1 aromatic carbocycles. The molecule has 0 spiro atoms. The van der Waals surface area contributed by atoms with E-state index < -0.39 is 10.0 Å². The molecule has 1 aromatic rings. The van der Waals surface area contributed by atoms with Crippen LogP contribution in [0.5, 0.6) is 5.75 Å². The Morgan fingerprint density at radius 1 is 1.24 bits per heavy atom. The van der Waals surface area contributed by atoms with Gasteiger partial charge in [-0.3, -0.25) is 4.79 Å². The minimum Gasteiger partial charge on any atom is -0.484 e. The van der Waals surface area contributed by atoms with Crippen molar-refractivity contribution in [2.75, 3.05) is 33.3 Å². The molecule has 2 rings (SSSR count). The van der Waals surface area contributed by atoms with Crippen molar-refractivity contribution >= 4 is 15.9 Å². The fourth-order valence-electron chi connectivity index (χ4n) is 2.61. The van der Waals surface area contributed by atoms with Crippen molar-refractivity contribution in [3.8, 4) is 5.75 Å². The maximum absolute atomic E-state index is 12.0. The molecule has 1 heterocycles. The zero-order valence-corrected chi connectivity index (χ0v) is 15.6. The molecule has 0 radical (unpaired) electrons. The van der Waals surface area contributed by atoms with Crippen LogP contribution in [0, 0.1) is 0 Å². The normalized spacial score (nSPS) is 16.6. The van der Waals surface area contributed by atoms with Crippen molar-refractivity contribution < 1.29 is 17.9 Å². The van der Waals surface area contributed by atoms with Gasteiger partial charge in [0.2, 0.25) is 10.0 Å². The highest BCUT2D eigenvalue weighted by molar-refractivity contribution is 7.89. The maximum atomic E-state index is 12.0. The molecule has 1 aliphatic rings. The summed E-state index contributed by atoms with van der Waals surface area (Å²) in [4.78, 5) is 14.4. The quantitative estimate of drug-likeness (QED) is 0.713. The molecule has 0 bridgehead atoms. The number of hydrogen-bond acceptors (Lipinski definition) is 5. The van der Waals surface area contributed by atoms with Gasteiger partial charge in [-0.25, -0.2) is 13.1 Å². The van der Waals surface area contributed by atoms with Crippen molar-refractivity contribution in [3.05, 3.63) is 24.3 Å². The van der Waals surface area contributed by atoms with E-state index in [-0.39, 0.29) is 23.5 Å². The third-order valence-electron chi connectivity index (χ3n) is 4.13. The molecule has 25 heavy (non-hydrogen) atoms. The van der Waals surface area contributed by atoms with E-state index in [4.69, 9.17) is 4.74 Å². The summed E-state index contributed by atoms with van der Waals surface area (Å²) in [7, 11) is -1.41. The number of amides is 1. The highest BCUT2D eigenvalue weighted by Gasteiger charge is 2.18. The van der Waals surface area contributed by atoms with E-state index in [9.17, 15) is 13.2 Å². The molecule has 140 valence electrons. The largest absolute Gasteiger partial charge is 0.484 e. The SMILES string of the molecule is CCCNS(=O)(=O)c1ccc(OCC(=O)NC2CCN(C)CC2)cc1. The zero-order valence-electron chi connectivity index (χ0n) is 14.8. The van der Waals surface area contributed by atoms with Gasteiger partial charge in [0.1, 0.15) is 5.75 Å². The van der Waals surface area contributed by atoms with Crippen LogP contribution in [-0.2, 0) is 14.8 Å². The number of nitrogens with zero attached hydrogens (tertiary/aromatic N) is 1. The zero-order chi connectivity index (χ0) is 18.3. The Labute approximate surface area is 149 Å². The average Bonchev–Trinajstić information content (AvgIpc) is 2.60. The van der Waals surface area contributed by atoms with E-state index in [1.165, 1.54) is 12.1 Å². The van der Waals surface area contributed by atoms with Crippen LogP contribution in [0.2, 0.25) is 0 Å². The van der Waals surface area contributed by atoms with Crippen molar-refractivity contribution in [1.82, 2.24) is 14.9 Å². The molecular weight excluding hydrogens is 342 g/mol. The number of likely N-dealkylation sites (tertiary alicyclic amines) is 1. The van der Waals surface area contributed by atoms with Crippen LogP contribution >= 0.6 is 0 Å². The molecule has 1 amide bonds. The van der Waals surface area contributed by atoms with Crippen LogP contribution < -0.4 is 14.8 Å². The lowest BCUT2D eigenvalue weighted by molar-refractivity contribution is -0.124. The average molecular weight is 369 g/mol. The molecule has 1 saturated heterocycles. The maximum Gasteiger partial charge on any atom is 0.258 e. The summed E-state index contributed by atoms with van der Waals surface area (Å²) >= 11 is 0. The van der Waals surface area contributed by atoms with E-state index in [0.717, 1.165) is 32.4 Å². The van der Waals surface area contributed by atoms with Gasteiger partial charge in [0.05, 0.1) is 4.90 Å². The molecular formula is C17H27N3O4S. The third-order valence-corrected chi connectivity index (χ3v) is 5.61. The Kier molecular flexibility index (Phi) is 7.22. The molecule has 7 nitrogen and oxygen atoms in total. The first-order valence-corrected chi connectivity index (χ1v) is 10.1. The van der Waals surface area contributed by atoms with Crippen LogP contribution in [0.25, 0.3) is 0 Å². The fraction of sp³-hybridized carbons (Fsp3) is 0.588. The minimum atomic E-state index is -3.48. The van der Waals surface area contributed by atoms with Crippen LogP contribution in [0.1, 0.15) is 26.2 Å². The standard InChI is InChI=1S/C17H27N3O4S/c1-3-10-18-25(22,23)16-6-4-15(5-7-16)24-13-17(21)19-14-8-11-20(2)12-9-14/h4-7,14,18H,3,8-13H2,1-2H3,(H,19,21). The van der Waals surface area contributed by atoms with Gasteiger partial charge >= 0.3 is 0 Å². The molecule has 1 aliphatic heterocycles. The highest BCUT2D eigenvalue weighted by Crippen LogP contribution is 2.16. The van der Waals surface area contributed by atoms with Gasteiger partial charge < -0.3 is 15.0 Å². The first kappa shape index (κ1) is 19.7. The topological polar surface area (TPSA) is 87.7 Å². The van der Waals surface area contributed by atoms with Crippen LogP contribution in [0.3, 0.4) is 0 Å². The number of sulfonamides is 1. The van der Waals surface area contributed by atoms with Crippen LogP contribution in [0.15, 0.2) is 29.2 Å². The van der Waals surface area contributed by atoms with E-state index in [1.807, 2.05) is 6.92 Å².